The van der Waals surface area contributed by atoms with Gasteiger partial charge in [-0.25, -0.2) is 4.79 Å². The highest BCUT2D eigenvalue weighted by Gasteiger charge is 2.19. The van der Waals surface area contributed by atoms with Crippen LogP contribution in [0.15, 0.2) is 30.3 Å². The zero-order valence-corrected chi connectivity index (χ0v) is 10.5. The largest absolute Gasteiger partial charge is 0.465 e. The van der Waals surface area contributed by atoms with Crippen molar-refractivity contribution < 1.29 is 9.90 Å². The smallest absolute Gasteiger partial charge is 0.407 e. The molecule has 4 heteroatoms. The number of anilines is 1. The van der Waals surface area contributed by atoms with Crippen molar-refractivity contribution in [3.05, 3.63) is 30.3 Å². The zero-order valence-electron chi connectivity index (χ0n) is 10.5. The van der Waals surface area contributed by atoms with E-state index in [1.165, 1.54) is 10.6 Å². The van der Waals surface area contributed by atoms with E-state index in [2.05, 4.69) is 17.0 Å². The second-order valence-electron chi connectivity index (χ2n) is 3.59. The van der Waals surface area contributed by atoms with E-state index < -0.39 is 6.09 Å². The Morgan fingerprint density at radius 2 is 1.59 bits per heavy atom. The second kappa shape index (κ2) is 6.78. The SMILES string of the molecule is CC.O=C(O)N1CCN(c2ccccc2)CC1. The number of hydrogen-bond acceptors (Lipinski definition) is 2. The summed E-state index contributed by atoms with van der Waals surface area (Å²) in [5.41, 5.74) is 1.17. The Labute approximate surface area is 102 Å². The molecule has 0 spiro atoms. The molecular formula is C13H20N2O2. The van der Waals surface area contributed by atoms with Crippen LogP contribution in [0.3, 0.4) is 0 Å². The molecule has 1 aliphatic heterocycles. The van der Waals surface area contributed by atoms with Crippen molar-refractivity contribution in [3.8, 4) is 0 Å². The van der Waals surface area contributed by atoms with Gasteiger partial charge in [0.2, 0.25) is 0 Å². The Hall–Kier alpha value is -1.71. The van der Waals surface area contributed by atoms with E-state index in [-0.39, 0.29) is 0 Å². The molecule has 1 amide bonds. The lowest BCUT2D eigenvalue weighted by molar-refractivity contribution is 0.142. The first kappa shape index (κ1) is 13.4. The summed E-state index contributed by atoms with van der Waals surface area (Å²) < 4.78 is 0. The van der Waals surface area contributed by atoms with Crippen molar-refractivity contribution in [2.75, 3.05) is 31.1 Å². The number of piperazine rings is 1. The van der Waals surface area contributed by atoms with Crippen molar-refractivity contribution in [1.82, 2.24) is 4.90 Å². The van der Waals surface area contributed by atoms with Gasteiger partial charge in [-0.2, -0.15) is 0 Å². The lowest BCUT2D eigenvalue weighted by Crippen LogP contribution is -2.48. The van der Waals surface area contributed by atoms with Gasteiger partial charge in [-0.3, -0.25) is 0 Å². The molecule has 1 fully saturated rings. The van der Waals surface area contributed by atoms with Crippen molar-refractivity contribution in [1.29, 1.82) is 0 Å². The Bertz CT molecular complexity index is 333. The molecular weight excluding hydrogens is 216 g/mol. The van der Waals surface area contributed by atoms with Gasteiger partial charge in [0.1, 0.15) is 0 Å². The Morgan fingerprint density at radius 3 is 2.06 bits per heavy atom. The molecule has 0 aliphatic carbocycles. The van der Waals surface area contributed by atoms with Crippen LogP contribution in [0, 0.1) is 0 Å². The summed E-state index contributed by atoms with van der Waals surface area (Å²) in [6.07, 6.45) is -0.817. The number of benzene rings is 1. The Morgan fingerprint density at radius 1 is 1.06 bits per heavy atom. The van der Waals surface area contributed by atoms with Gasteiger partial charge < -0.3 is 14.9 Å². The minimum atomic E-state index is -0.817. The van der Waals surface area contributed by atoms with E-state index >= 15 is 0 Å². The molecule has 0 saturated carbocycles. The first-order valence-corrected chi connectivity index (χ1v) is 6.05. The average molecular weight is 236 g/mol. The Balaban J connectivity index is 0.000000686. The van der Waals surface area contributed by atoms with Gasteiger partial charge in [-0.1, -0.05) is 32.0 Å². The van der Waals surface area contributed by atoms with E-state index in [9.17, 15) is 4.79 Å². The van der Waals surface area contributed by atoms with E-state index in [0.29, 0.717) is 13.1 Å². The van der Waals surface area contributed by atoms with Crippen molar-refractivity contribution in [2.45, 2.75) is 13.8 Å². The third-order valence-corrected chi connectivity index (χ3v) is 2.67. The standard InChI is InChI=1S/C11H14N2O2.C2H6/c14-11(15)13-8-6-12(7-9-13)10-4-2-1-3-5-10;1-2/h1-5H,6-9H2,(H,14,15);1-2H3. The number of rotatable bonds is 1. The number of carbonyl (C=O) groups is 1. The zero-order chi connectivity index (χ0) is 12.7. The number of carboxylic acid groups (broad SMARTS) is 1. The number of nitrogens with zero attached hydrogens (tertiary/aromatic N) is 2. The summed E-state index contributed by atoms with van der Waals surface area (Å²) in [4.78, 5) is 14.4. The maximum Gasteiger partial charge on any atom is 0.407 e. The van der Waals surface area contributed by atoms with Gasteiger partial charge in [0.15, 0.2) is 0 Å². The molecule has 17 heavy (non-hydrogen) atoms. The second-order valence-corrected chi connectivity index (χ2v) is 3.59. The average Bonchev–Trinajstić information content (AvgIpc) is 2.42. The first-order chi connectivity index (χ1) is 8.27. The number of para-hydroxylation sites is 1. The van der Waals surface area contributed by atoms with Crippen LogP contribution in [0.1, 0.15) is 13.8 Å². The highest BCUT2D eigenvalue weighted by atomic mass is 16.4. The maximum absolute atomic E-state index is 10.7. The third kappa shape index (κ3) is 3.66. The molecule has 0 unspecified atom stereocenters. The van der Waals surface area contributed by atoms with Gasteiger partial charge in [-0.15, -0.1) is 0 Å². The number of amides is 1. The third-order valence-electron chi connectivity index (χ3n) is 2.67. The molecule has 0 atom stereocenters. The predicted molar refractivity (Wildman–Crippen MR) is 69.6 cm³/mol. The molecule has 1 aromatic rings. The van der Waals surface area contributed by atoms with E-state index in [4.69, 9.17) is 5.11 Å². The molecule has 1 heterocycles. The van der Waals surface area contributed by atoms with Crippen LogP contribution in [0.4, 0.5) is 10.5 Å². The van der Waals surface area contributed by atoms with Crippen molar-refractivity contribution in [2.24, 2.45) is 0 Å². The van der Waals surface area contributed by atoms with Gasteiger partial charge in [-0.05, 0) is 12.1 Å². The minimum Gasteiger partial charge on any atom is -0.465 e. The molecule has 1 aliphatic rings. The fourth-order valence-corrected chi connectivity index (χ4v) is 1.79. The van der Waals surface area contributed by atoms with Crippen LogP contribution in [-0.4, -0.2) is 42.3 Å². The predicted octanol–water partition coefficient (Wildman–Crippen LogP) is 2.51. The van der Waals surface area contributed by atoms with E-state index in [1.807, 2.05) is 32.0 Å². The maximum atomic E-state index is 10.7. The minimum absolute atomic E-state index is 0.588. The Kier molecular flexibility index (Phi) is 5.33. The van der Waals surface area contributed by atoms with Crippen LogP contribution in [-0.2, 0) is 0 Å². The molecule has 4 nitrogen and oxygen atoms in total. The molecule has 0 bridgehead atoms. The fourth-order valence-electron chi connectivity index (χ4n) is 1.79. The van der Waals surface area contributed by atoms with Gasteiger partial charge in [0.25, 0.3) is 0 Å². The molecule has 0 aromatic heterocycles. The van der Waals surface area contributed by atoms with Crippen molar-refractivity contribution in [3.63, 3.8) is 0 Å². The van der Waals surface area contributed by atoms with Gasteiger partial charge in [0.05, 0.1) is 0 Å². The number of hydrogen-bond donors (Lipinski definition) is 1. The van der Waals surface area contributed by atoms with Crippen LogP contribution < -0.4 is 4.90 Å². The summed E-state index contributed by atoms with van der Waals surface area (Å²) in [6, 6.07) is 10.1. The lowest BCUT2D eigenvalue weighted by atomic mass is 10.2. The first-order valence-electron chi connectivity index (χ1n) is 6.05. The summed E-state index contributed by atoms with van der Waals surface area (Å²) in [6.45, 7) is 6.72. The highest BCUT2D eigenvalue weighted by Crippen LogP contribution is 2.15. The molecule has 2 rings (SSSR count). The van der Waals surface area contributed by atoms with Gasteiger partial charge in [0, 0.05) is 31.9 Å². The molecule has 0 radical (unpaired) electrons. The molecule has 1 aromatic carbocycles. The quantitative estimate of drug-likeness (QED) is 0.814. The van der Waals surface area contributed by atoms with E-state index in [1.54, 1.807) is 0 Å². The monoisotopic (exact) mass is 236 g/mol. The fraction of sp³-hybridized carbons (Fsp3) is 0.462. The summed E-state index contributed by atoms with van der Waals surface area (Å²) in [5.74, 6) is 0. The summed E-state index contributed by atoms with van der Waals surface area (Å²) >= 11 is 0. The summed E-state index contributed by atoms with van der Waals surface area (Å²) in [5, 5.41) is 8.80. The van der Waals surface area contributed by atoms with Crippen LogP contribution in [0.25, 0.3) is 0 Å². The molecule has 1 N–H and O–H groups in total. The topological polar surface area (TPSA) is 43.8 Å². The normalized spacial score (nSPS) is 14.9. The van der Waals surface area contributed by atoms with E-state index in [0.717, 1.165) is 13.1 Å². The van der Waals surface area contributed by atoms with Crippen LogP contribution >= 0.6 is 0 Å². The summed E-state index contributed by atoms with van der Waals surface area (Å²) in [7, 11) is 0. The van der Waals surface area contributed by atoms with Crippen molar-refractivity contribution >= 4 is 11.8 Å². The lowest BCUT2D eigenvalue weighted by Gasteiger charge is -2.34. The highest BCUT2D eigenvalue weighted by molar-refractivity contribution is 5.65. The van der Waals surface area contributed by atoms with Gasteiger partial charge >= 0.3 is 6.09 Å². The molecule has 94 valence electrons. The molecule has 1 saturated heterocycles. The van der Waals surface area contributed by atoms with Crippen LogP contribution in [0.5, 0.6) is 0 Å². The van der Waals surface area contributed by atoms with Crippen LogP contribution in [0.2, 0.25) is 0 Å².